The summed E-state index contributed by atoms with van der Waals surface area (Å²) in [5.74, 6) is -0.503. The van der Waals surface area contributed by atoms with Crippen molar-refractivity contribution >= 4 is 44.7 Å². The third-order valence-electron chi connectivity index (χ3n) is 5.15. The zero-order chi connectivity index (χ0) is 22.7. The largest absolute Gasteiger partial charge is 0.321 e. The lowest BCUT2D eigenvalue weighted by Crippen LogP contribution is -2.36. The lowest BCUT2D eigenvalue weighted by Gasteiger charge is -2.21. The molecule has 8 heteroatoms. The predicted octanol–water partition coefficient (Wildman–Crippen LogP) is 4.07. The number of aryl methyl sites for hydroxylation is 1. The number of rotatable bonds is 6. The summed E-state index contributed by atoms with van der Waals surface area (Å²) >= 11 is 1.17. The Bertz CT molecular complexity index is 1330. The first-order chi connectivity index (χ1) is 15.5. The molecule has 0 radical (unpaired) electrons. The average molecular weight is 447 g/mol. The molecule has 0 fully saturated rings. The fourth-order valence-corrected chi connectivity index (χ4v) is 4.57. The monoisotopic (exact) mass is 446 g/mol. The van der Waals surface area contributed by atoms with Crippen LogP contribution in [0.25, 0.3) is 10.2 Å². The van der Waals surface area contributed by atoms with Crippen molar-refractivity contribution in [1.82, 2.24) is 9.55 Å². The molecule has 162 valence electrons. The zero-order valence-corrected chi connectivity index (χ0v) is 18.6. The average Bonchev–Trinajstić information content (AvgIpc) is 3.15. The summed E-state index contributed by atoms with van der Waals surface area (Å²) in [6.07, 6.45) is 1.37. The molecular formula is C24H22N4O3S. The molecule has 0 aliphatic rings. The van der Waals surface area contributed by atoms with Crippen LogP contribution >= 0.6 is 11.3 Å². The highest BCUT2D eigenvalue weighted by molar-refractivity contribution is 7.20. The number of fused-ring (bicyclic) bond motifs is 1. The van der Waals surface area contributed by atoms with Crippen LogP contribution in [0.4, 0.5) is 11.4 Å². The van der Waals surface area contributed by atoms with Crippen molar-refractivity contribution in [2.75, 3.05) is 16.8 Å². The van der Waals surface area contributed by atoms with Gasteiger partial charge in [0.15, 0.2) is 0 Å². The highest BCUT2D eigenvalue weighted by Crippen LogP contribution is 2.27. The normalized spacial score (nSPS) is 10.8. The maximum absolute atomic E-state index is 13.2. The summed E-state index contributed by atoms with van der Waals surface area (Å²) in [5, 5.41) is 3.21. The van der Waals surface area contributed by atoms with Crippen LogP contribution in [0, 0.1) is 6.92 Å². The minimum Gasteiger partial charge on any atom is -0.321 e. The Morgan fingerprint density at radius 3 is 2.38 bits per heavy atom. The lowest BCUT2D eigenvalue weighted by atomic mass is 10.2. The van der Waals surface area contributed by atoms with Gasteiger partial charge >= 0.3 is 0 Å². The van der Waals surface area contributed by atoms with Crippen LogP contribution in [-0.4, -0.2) is 27.9 Å². The van der Waals surface area contributed by atoms with Crippen molar-refractivity contribution in [3.8, 4) is 0 Å². The first-order valence-corrected chi connectivity index (χ1v) is 11.0. The number of hydrogen-bond acceptors (Lipinski definition) is 5. The van der Waals surface area contributed by atoms with E-state index in [0.29, 0.717) is 32.9 Å². The number of para-hydroxylation sites is 2. The van der Waals surface area contributed by atoms with E-state index in [1.165, 1.54) is 22.2 Å². The van der Waals surface area contributed by atoms with Gasteiger partial charge in [0, 0.05) is 17.9 Å². The van der Waals surface area contributed by atoms with E-state index in [0.717, 1.165) is 5.69 Å². The van der Waals surface area contributed by atoms with Gasteiger partial charge in [-0.2, -0.15) is 0 Å². The van der Waals surface area contributed by atoms with Crippen molar-refractivity contribution in [2.45, 2.75) is 20.4 Å². The Morgan fingerprint density at radius 1 is 1.06 bits per heavy atom. The third-order valence-corrected chi connectivity index (χ3v) is 6.34. The number of nitrogens with zero attached hydrogens (tertiary/aromatic N) is 3. The van der Waals surface area contributed by atoms with E-state index in [9.17, 15) is 14.4 Å². The van der Waals surface area contributed by atoms with E-state index in [4.69, 9.17) is 0 Å². The first kappa shape index (κ1) is 21.5. The van der Waals surface area contributed by atoms with Gasteiger partial charge in [0.25, 0.3) is 11.5 Å². The predicted molar refractivity (Wildman–Crippen MR) is 127 cm³/mol. The molecule has 0 aliphatic carbocycles. The van der Waals surface area contributed by atoms with Crippen LogP contribution in [0.15, 0.2) is 71.8 Å². The van der Waals surface area contributed by atoms with E-state index in [1.807, 2.05) is 55.5 Å². The number of carbonyl (C=O) groups is 2. The van der Waals surface area contributed by atoms with Crippen LogP contribution in [0.1, 0.15) is 22.2 Å². The number of nitrogens with one attached hydrogen (secondary N) is 1. The van der Waals surface area contributed by atoms with E-state index in [1.54, 1.807) is 24.0 Å². The van der Waals surface area contributed by atoms with Crippen LogP contribution in [-0.2, 0) is 11.3 Å². The number of carbonyl (C=O) groups excluding carboxylic acids is 2. The number of amides is 2. The summed E-state index contributed by atoms with van der Waals surface area (Å²) in [6, 6.07) is 18.4. The maximum Gasteiger partial charge on any atom is 0.266 e. The molecule has 7 nitrogen and oxygen atoms in total. The van der Waals surface area contributed by atoms with Gasteiger partial charge < -0.3 is 10.2 Å². The molecule has 2 heterocycles. The van der Waals surface area contributed by atoms with Crippen molar-refractivity contribution < 1.29 is 9.59 Å². The van der Waals surface area contributed by atoms with Gasteiger partial charge in [0.1, 0.15) is 11.4 Å². The lowest BCUT2D eigenvalue weighted by molar-refractivity contribution is -0.119. The standard InChI is InChI=1S/C24H22N4O3S/c1-3-28(18-12-8-5-9-13-18)19(29)14-27-15-25-23-20(24(27)31)16(2)21(32-23)22(30)26-17-10-6-4-7-11-17/h4-13,15H,3,14H2,1-2H3,(H,26,30). The summed E-state index contributed by atoms with van der Waals surface area (Å²) < 4.78 is 1.30. The summed E-state index contributed by atoms with van der Waals surface area (Å²) in [4.78, 5) is 45.7. The van der Waals surface area contributed by atoms with Crippen molar-refractivity contribution in [3.05, 3.63) is 87.8 Å². The molecule has 0 saturated carbocycles. The fourth-order valence-electron chi connectivity index (χ4n) is 3.54. The summed E-state index contributed by atoms with van der Waals surface area (Å²) in [5.41, 5.74) is 1.67. The highest BCUT2D eigenvalue weighted by Gasteiger charge is 2.21. The Kier molecular flexibility index (Phi) is 6.13. The molecule has 32 heavy (non-hydrogen) atoms. The number of likely N-dealkylation sites (N-methyl/N-ethyl adjacent to an activating group) is 1. The second-order valence-electron chi connectivity index (χ2n) is 7.21. The topological polar surface area (TPSA) is 84.3 Å². The van der Waals surface area contributed by atoms with Crippen molar-refractivity contribution in [3.63, 3.8) is 0 Å². The molecule has 0 spiro atoms. The van der Waals surface area contributed by atoms with Gasteiger partial charge in [-0.15, -0.1) is 11.3 Å². The smallest absolute Gasteiger partial charge is 0.266 e. The van der Waals surface area contributed by atoms with E-state index < -0.39 is 0 Å². The van der Waals surface area contributed by atoms with Gasteiger partial charge in [-0.25, -0.2) is 4.98 Å². The van der Waals surface area contributed by atoms with Crippen LogP contribution in [0.5, 0.6) is 0 Å². The molecule has 2 amide bonds. The number of hydrogen-bond donors (Lipinski definition) is 1. The molecule has 0 bridgehead atoms. The SMILES string of the molecule is CCN(C(=O)Cn1cnc2sc(C(=O)Nc3ccccc3)c(C)c2c1=O)c1ccccc1. The number of aromatic nitrogens is 2. The molecule has 0 saturated heterocycles. The summed E-state index contributed by atoms with van der Waals surface area (Å²) in [6.45, 7) is 3.96. The molecule has 0 unspecified atom stereocenters. The third kappa shape index (κ3) is 4.17. The minimum atomic E-state index is -0.333. The number of benzene rings is 2. The van der Waals surface area contributed by atoms with Gasteiger partial charge in [-0.05, 0) is 43.7 Å². The Balaban J connectivity index is 1.63. The Hall–Kier alpha value is -3.78. The van der Waals surface area contributed by atoms with Crippen molar-refractivity contribution in [2.24, 2.45) is 0 Å². The maximum atomic E-state index is 13.2. The summed E-state index contributed by atoms with van der Waals surface area (Å²) in [7, 11) is 0. The van der Waals surface area contributed by atoms with E-state index in [-0.39, 0.29) is 23.9 Å². The van der Waals surface area contributed by atoms with Crippen molar-refractivity contribution in [1.29, 1.82) is 0 Å². The second-order valence-corrected chi connectivity index (χ2v) is 8.21. The number of anilines is 2. The molecular weight excluding hydrogens is 424 g/mol. The molecule has 2 aromatic heterocycles. The molecule has 4 aromatic rings. The van der Waals surface area contributed by atoms with Gasteiger partial charge in [0.05, 0.1) is 16.6 Å². The quantitative estimate of drug-likeness (QED) is 0.484. The fraction of sp³-hybridized carbons (Fsp3) is 0.167. The molecule has 0 atom stereocenters. The van der Waals surface area contributed by atoms with Crippen LogP contribution in [0.3, 0.4) is 0 Å². The minimum absolute atomic E-state index is 0.134. The van der Waals surface area contributed by atoms with Gasteiger partial charge in [-0.3, -0.25) is 19.0 Å². The molecule has 4 rings (SSSR count). The Labute approximate surface area is 189 Å². The molecule has 0 aliphatic heterocycles. The van der Waals surface area contributed by atoms with E-state index >= 15 is 0 Å². The molecule has 2 aromatic carbocycles. The first-order valence-electron chi connectivity index (χ1n) is 10.2. The second kappa shape index (κ2) is 9.15. The van der Waals surface area contributed by atoms with Crippen LogP contribution in [0.2, 0.25) is 0 Å². The van der Waals surface area contributed by atoms with Gasteiger partial charge in [0.2, 0.25) is 5.91 Å². The Morgan fingerprint density at radius 2 is 1.72 bits per heavy atom. The molecule has 1 N–H and O–H groups in total. The number of thiophene rings is 1. The van der Waals surface area contributed by atoms with E-state index in [2.05, 4.69) is 10.3 Å². The van der Waals surface area contributed by atoms with Gasteiger partial charge in [-0.1, -0.05) is 36.4 Å². The van der Waals surface area contributed by atoms with Crippen LogP contribution < -0.4 is 15.8 Å². The highest BCUT2D eigenvalue weighted by atomic mass is 32.1. The zero-order valence-electron chi connectivity index (χ0n) is 17.7.